The molecule has 8 nitrogen and oxygen atoms in total. The van der Waals surface area contributed by atoms with Gasteiger partial charge in [-0.15, -0.1) is 0 Å². The minimum Gasteiger partial charge on any atom is -0.383 e. The van der Waals surface area contributed by atoms with E-state index in [4.69, 9.17) is 8.92 Å². The first-order valence-corrected chi connectivity index (χ1v) is 15.1. The quantitative estimate of drug-likeness (QED) is 0.345. The van der Waals surface area contributed by atoms with Gasteiger partial charge in [0.25, 0.3) is 5.56 Å². The number of benzene rings is 1. The summed E-state index contributed by atoms with van der Waals surface area (Å²) in [6.45, 7) is 10.5. The maximum absolute atomic E-state index is 12.9. The third kappa shape index (κ3) is 5.93. The summed E-state index contributed by atoms with van der Waals surface area (Å²) in [5, 5.41) is 0. The molecule has 0 aliphatic heterocycles. The van der Waals surface area contributed by atoms with E-state index < -0.39 is 29.4 Å². The molecule has 2 aromatic rings. The van der Waals surface area contributed by atoms with E-state index in [2.05, 4.69) is 19.6 Å². The van der Waals surface area contributed by atoms with Crippen LogP contribution in [-0.2, 0) is 28.6 Å². The largest absolute Gasteiger partial charge is 0.383 e. The number of aryl methyl sites for hydroxylation is 1. The molecule has 0 saturated carbocycles. The maximum atomic E-state index is 12.9. The molecule has 166 valence electrons. The lowest BCUT2D eigenvalue weighted by molar-refractivity contribution is 0.0805. The first-order valence-electron chi connectivity index (χ1n) is 9.60. The smallest absolute Gasteiger partial charge is 0.333 e. The maximum Gasteiger partial charge on any atom is 0.333 e. The van der Waals surface area contributed by atoms with Gasteiger partial charge in [0.1, 0.15) is 12.5 Å². The molecule has 0 spiro atoms. The van der Waals surface area contributed by atoms with E-state index in [0.29, 0.717) is 29.0 Å². The van der Waals surface area contributed by atoms with Crippen LogP contribution in [0.5, 0.6) is 5.75 Å². The summed E-state index contributed by atoms with van der Waals surface area (Å²) >= 11 is 0. The molecule has 2 rings (SSSR count). The summed E-state index contributed by atoms with van der Waals surface area (Å²) in [7, 11) is -3.31. The molecule has 0 aliphatic rings. The molecule has 30 heavy (non-hydrogen) atoms. The lowest BCUT2D eigenvalue weighted by atomic mass is 10.0. The number of hydrogen-bond acceptors (Lipinski definition) is 6. The van der Waals surface area contributed by atoms with Gasteiger partial charge in [-0.25, -0.2) is 9.36 Å². The van der Waals surface area contributed by atoms with Gasteiger partial charge >= 0.3 is 15.8 Å². The fourth-order valence-corrected chi connectivity index (χ4v) is 4.29. The summed E-state index contributed by atoms with van der Waals surface area (Å²) in [6.07, 6.45) is 0.968. The van der Waals surface area contributed by atoms with Crippen LogP contribution in [0.15, 0.2) is 27.8 Å². The van der Waals surface area contributed by atoms with Crippen molar-refractivity contribution < 1.29 is 17.3 Å². The predicted octanol–water partition coefficient (Wildman–Crippen LogP) is 2.48. The summed E-state index contributed by atoms with van der Waals surface area (Å²) in [4.78, 5) is 25.7. The first kappa shape index (κ1) is 24.1. The molecular weight excluding hydrogens is 424 g/mol. The monoisotopic (exact) mass is 454 g/mol. The van der Waals surface area contributed by atoms with Crippen molar-refractivity contribution in [1.82, 2.24) is 9.13 Å². The Hall–Kier alpha value is -2.17. The van der Waals surface area contributed by atoms with Gasteiger partial charge in [-0.3, -0.25) is 9.36 Å². The normalized spacial score (nSPS) is 12.2. The van der Waals surface area contributed by atoms with Crippen molar-refractivity contribution in [3.63, 3.8) is 0 Å². The van der Waals surface area contributed by atoms with E-state index in [-0.39, 0.29) is 12.5 Å². The second-order valence-corrected chi connectivity index (χ2v) is 15.9. The number of hydrogen-bond donors (Lipinski definition) is 0. The molecular formula is C20H30N2O6SSi. The van der Waals surface area contributed by atoms with Crippen molar-refractivity contribution in [3.8, 4) is 17.0 Å². The van der Waals surface area contributed by atoms with Crippen LogP contribution in [0.1, 0.15) is 11.1 Å². The minimum absolute atomic E-state index is 0.0861. The fraction of sp³-hybridized carbons (Fsp3) is 0.500. The Kier molecular flexibility index (Phi) is 7.15. The van der Waals surface area contributed by atoms with Crippen molar-refractivity contribution in [2.45, 2.75) is 46.3 Å². The van der Waals surface area contributed by atoms with Crippen molar-refractivity contribution in [1.29, 1.82) is 0 Å². The molecule has 0 aliphatic carbocycles. The molecule has 0 radical (unpaired) electrons. The molecule has 1 heterocycles. The van der Waals surface area contributed by atoms with E-state index in [0.717, 1.165) is 16.9 Å². The zero-order valence-electron chi connectivity index (χ0n) is 18.6. The van der Waals surface area contributed by atoms with Gasteiger partial charge in [-0.2, -0.15) is 8.42 Å². The van der Waals surface area contributed by atoms with Crippen LogP contribution < -0.4 is 15.4 Å². The van der Waals surface area contributed by atoms with Crippen molar-refractivity contribution in [3.05, 3.63) is 50.2 Å². The van der Waals surface area contributed by atoms with Gasteiger partial charge < -0.3 is 8.92 Å². The Morgan fingerprint density at radius 3 is 2.27 bits per heavy atom. The van der Waals surface area contributed by atoms with E-state index >= 15 is 0 Å². The highest BCUT2D eigenvalue weighted by molar-refractivity contribution is 7.86. The van der Waals surface area contributed by atoms with Crippen LogP contribution in [0.25, 0.3) is 11.3 Å². The summed E-state index contributed by atoms with van der Waals surface area (Å²) in [5.41, 5.74) is 1.34. The van der Waals surface area contributed by atoms with Crippen LogP contribution in [0.3, 0.4) is 0 Å². The molecule has 0 atom stereocenters. The van der Waals surface area contributed by atoms with Crippen LogP contribution >= 0.6 is 0 Å². The lowest BCUT2D eigenvalue weighted by Crippen LogP contribution is -2.41. The SMILES string of the molecule is Cc1cc(OS(C)(=O)=O)ccc1-c1c(C)c(=O)n(COCC[Si](C)(C)C)c(=O)n1C. The second-order valence-electron chi connectivity index (χ2n) is 8.66. The number of nitrogens with zero attached hydrogens (tertiary/aromatic N) is 2. The first-order chi connectivity index (χ1) is 13.7. The zero-order chi connectivity index (χ0) is 22.9. The van der Waals surface area contributed by atoms with Crippen LogP contribution in [0.2, 0.25) is 25.7 Å². The van der Waals surface area contributed by atoms with Gasteiger partial charge in [-0.05, 0) is 43.7 Å². The topological polar surface area (TPSA) is 96.6 Å². The Labute approximate surface area is 178 Å². The number of aromatic nitrogens is 2. The van der Waals surface area contributed by atoms with Crippen LogP contribution in [-0.4, -0.2) is 38.5 Å². The molecule has 1 aromatic heterocycles. The van der Waals surface area contributed by atoms with E-state index in [1.165, 1.54) is 10.6 Å². The number of rotatable bonds is 8. The fourth-order valence-electron chi connectivity index (χ4n) is 3.08. The summed E-state index contributed by atoms with van der Waals surface area (Å²) in [6, 6.07) is 5.65. The molecule has 1 aromatic carbocycles. The summed E-state index contributed by atoms with van der Waals surface area (Å²) in [5.74, 6) is 0.172. The molecule has 0 unspecified atom stereocenters. The standard InChI is InChI=1S/C20H30N2O6SSi/c1-14-12-16(28-29(4,25)26)8-9-17(14)18-15(2)19(23)22(20(24)21(18)3)13-27-10-11-30(5,6)7/h8-9,12H,10-11,13H2,1-7H3. The van der Waals surface area contributed by atoms with Gasteiger partial charge in [-0.1, -0.05) is 19.6 Å². The van der Waals surface area contributed by atoms with E-state index in [1.54, 1.807) is 33.0 Å². The Morgan fingerprint density at radius 1 is 1.10 bits per heavy atom. The molecule has 0 fully saturated rings. The highest BCUT2D eigenvalue weighted by Crippen LogP contribution is 2.27. The van der Waals surface area contributed by atoms with Gasteiger partial charge in [0.05, 0.1) is 11.9 Å². The molecule has 10 heteroatoms. The predicted molar refractivity (Wildman–Crippen MR) is 120 cm³/mol. The summed E-state index contributed by atoms with van der Waals surface area (Å²) < 4.78 is 35.7. The van der Waals surface area contributed by atoms with Crippen LogP contribution in [0.4, 0.5) is 0 Å². The highest BCUT2D eigenvalue weighted by Gasteiger charge is 2.18. The Morgan fingerprint density at radius 2 is 1.73 bits per heavy atom. The van der Waals surface area contributed by atoms with Gasteiger partial charge in [0.15, 0.2) is 0 Å². The van der Waals surface area contributed by atoms with E-state index in [9.17, 15) is 18.0 Å². The lowest BCUT2D eigenvalue weighted by Gasteiger charge is -2.18. The highest BCUT2D eigenvalue weighted by atomic mass is 32.2. The zero-order valence-corrected chi connectivity index (χ0v) is 20.4. The Bertz CT molecular complexity index is 1120. The third-order valence-corrected chi connectivity index (χ3v) is 6.89. The molecule has 0 saturated heterocycles. The van der Waals surface area contributed by atoms with Crippen molar-refractivity contribution in [2.24, 2.45) is 7.05 Å². The van der Waals surface area contributed by atoms with Gasteiger partial charge in [0.2, 0.25) is 0 Å². The molecule has 0 N–H and O–H groups in total. The number of ether oxygens (including phenoxy) is 1. The molecule has 0 amide bonds. The Balaban J connectivity index is 2.42. The average Bonchev–Trinajstić information content (AvgIpc) is 2.59. The third-order valence-electron chi connectivity index (χ3n) is 4.69. The van der Waals surface area contributed by atoms with Crippen molar-refractivity contribution >= 4 is 18.2 Å². The van der Waals surface area contributed by atoms with Gasteiger partial charge in [0, 0.05) is 32.9 Å². The van der Waals surface area contributed by atoms with Crippen LogP contribution in [0, 0.1) is 13.8 Å². The molecule has 0 bridgehead atoms. The second kappa shape index (κ2) is 8.91. The average molecular weight is 455 g/mol. The van der Waals surface area contributed by atoms with E-state index in [1.807, 2.05) is 0 Å². The minimum atomic E-state index is -3.65. The van der Waals surface area contributed by atoms with Crippen molar-refractivity contribution in [2.75, 3.05) is 12.9 Å².